The van der Waals surface area contributed by atoms with Crippen molar-refractivity contribution >= 4 is 0 Å². The number of rotatable bonds is 7. The fourth-order valence-electron chi connectivity index (χ4n) is 3.39. The van der Waals surface area contributed by atoms with Crippen molar-refractivity contribution in [1.82, 2.24) is 9.80 Å². The molecule has 1 saturated heterocycles. The van der Waals surface area contributed by atoms with Gasteiger partial charge < -0.3 is 19.6 Å². The molecule has 0 bridgehead atoms. The topological polar surface area (TPSA) is 35.9 Å². The third-order valence-electron chi connectivity index (χ3n) is 4.48. The van der Waals surface area contributed by atoms with Crippen LogP contribution in [0.2, 0.25) is 0 Å². The lowest BCUT2D eigenvalue weighted by molar-refractivity contribution is 0.0918. The summed E-state index contributed by atoms with van der Waals surface area (Å²) in [5.41, 5.74) is 0.890. The Kier molecular flexibility index (Phi) is 6.81. The summed E-state index contributed by atoms with van der Waals surface area (Å²) in [5, 5.41) is 9.46. The van der Waals surface area contributed by atoms with E-state index in [4.69, 9.17) is 4.74 Å². The first-order valence-corrected chi connectivity index (χ1v) is 8.39. The summed E-state index contributed by atoms with van der Waals surface area (Å²) in [7, 11) is 3.70. The summed E-state index contributed by atoms with van der Waals surface area (Å²) in [6.45, 7) is 6.39. The number of hydrogen-bond donors (Lipinski definition) is 1. The van der Waals surface area contributed by atoms with Crippen LogP contribution in [0.5, 0.6) is 5.75 Å². The van der Waals surface area contributed by atoms with Gasteiger partial charge in [0, 0.05) is 25.2 Å². The van der Waals surface area contributed by atoms with Gasteiger partial charge in [0.15, 0.2) is 0 Å². The van der Waals surface area contributed by atoms with Crippen molar-refractivity contribution in [3.05, 3.63) is 29.6 Å². The summed E-state index contributed by atoms with van der Waals surface area (Å²) < 4.78 is 18.8. The molecule has 1 fully saturated rings. The Bertz CT molecular complexity index is 488. The van der Waals surface area contributed by atoms with Crippen molar-refractivity contribution in [2.24, 2.45) is 5.92 Å². The molecule has 2 rings (SSSR count). The molecule has 0 amide bonds. The number of piperidine rings is 1. The van der Waals surface area contributed by atoms with Crippen LogP contribution in [0.25, 0.3) is 0 Å². The van der Waals surface area contributed by atoms with E-state index in [0.29, 0.717) is 12.5 Å². The Morgan fingerprint density at radius 2 is 2.09 bits per heavy atom. The van der Waals surface area contributed by atoms with Gasteiger partial charge in [-0.15, -0.1) is 0 Å². The maximum absolute atomic E-state index is 13.4. The number of benzene rings is 1. The van der Waals surface area contributed by atoms with Gasteiger partial charge >= 0.3 is 0 Å². The Morgan fingerprint density at radius 3 is 2.70 bits per heavy atom. The SMILES string of the molecule is COc1ccc(F)cc1CN(C)CC1CCN(C[C@H](C)O)CC1. The van der Waals surface area contributed by atoms with Crippen molar-refractivity contribution in [3.8, 4) is 5.75 Å². The lowest BCUT2D eigenvalue weighted by Gasteiger charge is -2.34. The van der Waals surface area contributed by atoms with Crippen molar-refractivity contribution in [2.45, 2.75) is 32.4 Å². The monoisotopic (exact) mass is 324 g/mol. The Labute approximate surface area is 138 Å². The van der Waals surface area contributed by atoms with Crippen LogP contribution >= 0.6 is 0 Å². The highest BCUT2D eigenvalue weighted by molar-refractivity contribution is 5.33. The summed E-state index contributed by atoms with van der Waals surface area (Å²) in [6, 6.07) is 4.67. The zero-order valence-electron chi connectivity index (χ0n) is 14.5. The van der Waals surface area contributed by atoms with E-state index in [1.165, 1.54) is 6.07 Å². The minimum atomic E-state index is -0.255. The van der Waals surface area contributed by atoms with E-state index in [9.17, 15) is 9.50 Å². The average Bonchev–Trinajstić information content (AvgIpc) is 2.49. The van der Waals surface area contributed by atoms with Crippen LogP contribution in [0.3, 0.4) is 0 Å². The Balaban J connectivity index is 1.82. The molecular weight excluding hydrogens is 295 g/mol. The Morgan fingerprint density at radius 1 is 1.39 bits per heavy atom. The van der Waals surface area contributed by atoms with E-state index in [-0.39, 0.29) is 11.9 Å². The van der Waals surface area contributed by atoms with Crippen LogP contribution in [-0.4, -0.2) is 61.3 Å². The molecule has 0 radical (unpaired) electrons. The molecule has 1 heterocycles. The molecule has 0 spiro atoms. The fraction of sp³-hybridized carbons (Fsp3) is 0.667. The predicted octanol–water partition coefficient (Wildman–Crippen LogP) is 2.36. The average molecular weight is 324 g/mol. The standard InChI is InChI=1S/C18H29FN2O2/c1-14(22)11-21-8-6-15(7-9-21)12-20(2)13-16-10-17(19)4-5-18(16)23-3/h4-5,10,14-15,22H,6-9,11-13H2,1-3H3/t14-/m0/s1. The minimum absolute atomic E-state index is 0.222. The van der Waals surface area contributed by atoms with Gasteiger partial charge in [-0.25, -0.2) is 4.39 Å². The van der Waals surface area contributed by atoms with Crippen LogP contribution in [0, 0.1) is 11.7 Å². The summed E-state index contributed by atoms with van der Waals surface area (Å²) in [5.74, 6) is 1.18. The van der Waals surface area contributed by atoms with Gasteiger partial charge in [-0.1, -0.05) is 0 Å². The normalized spacial score (nSPS) is 18.3. The van der Waals surface area contributed by atoms with Gasteiger partial charge in [0.2, 0.25) is 0 Å². The zero-order chi connectivity index (χ0) is 16.8. The number of hydrogen-bond acceptors (Lipinski definition) is 4. The van der Waals surface area contributed by atoms with Gasteiger partial charge in [-0.2, -0.15) is 0 Å². The first kappa shape index (κ1) is 18.2. The van der Waals surface area contributed by atoms with Gasteiger partial charge in [-0.05, 0) is 64.0 Å². The number of ether oxygens (including phenoxy) is 1. The first-order valence-electron chi connectivity index (χ1n) is 8.39. The molecule has 1 aliphatic rings. The highest BCUT2D eigenvalue weighted by atomic mass is 19.1. The molecule has 0 aromatic heterocycles. The van der Waals surface area contributed by atoms with E-state index < -0.39 is 0 Å². The van der Waals surface area contributed by atoms with Crippen LogP contribution < -0.4 is 4.74 Å². The molecule has 0 saturated carbocycles. The van der Waals surface area contributed by atoms with Gasteiger partial charge in [-0.3, -0.25) is 0 Å². The molecule has 1 aromatic carbocycles. The molecule has 4 nitrogen and oxygen atoms in total. The quantitative estimate of drug-likeness (QED) is 0.835. The van der Waals surface area contributed by atoms with E-state index in [2.05, 4.69) is 16.8 Å². The molecule has 130 valence electrons. The molecule has 1 aromatic rings. The second-order valence-corrected chi connectivity index (χ2v) is 6.75. The molecule has 1 atom stereocenters. The molecule has 1 N–H and O–H groups in total. The second-order valence-electron chi connectivity index (χ2n) is 6.75. The maximum Gasteiger partial charge on any atom is 0.123 e. The summed E-state index contributed by atoms with van der Waals surface area (Å²) in [6.07, 6.45) is 2.05. The number of nitrogens with zero attached hydrogens (tertiary/aromatic N) is 2. The predicted molar refractivity (Wildman–Crippen MR) is 90.1 cm³/mol. The van der Waals surface area contributed by atoms with E-state index in [1.54, 1.807) is 19.2 Å². The van der Waals surface area contributed by atoms with Gasteiger partial charge in [0.25, 0.3) is 0 Å². The van der Waals surface area contributed by atoms with Crippen LogP contribution in [0.15, 0.2) is 18.2 Å². The fourth-order valence-corrected chi connectivity index (χ4v) is 3.39. The molecule has 23 heavy (non-hydrogen) atoms. The lowest BCUT2D eigenvalue weighted by Crippen LogP contribution is -2.40. The van der Waals surface area contributed by atoms with Crippen LogP contribution in [0.4, 0.5) is 4.39 Å². The molecule has 5 heteroatoms. The molecule has 0 unspecified atom stereocenters. The zero-order valence-corrected chi connectivity index (χ0v) is 14.5. The number of β-amino-alcohol motifs (C(OH)–C–C–N with tert-alkyl or cyclic N) is 1. The maximum atomic E-state index is 13.4. The van der Waals surface area contributed by atoms with Crippen molar-refractivity contribution in [3.63, 3.8) is 0 Å². The third-order valence-corrected chi connectivity index (χ3v) is 4.48. The largest absolute Gasteiger partial charge is 0.496 e. The Hall–Kier alpha value is -1.17. The summed E-state index contributed by atoms with van der Waals surface area (Å²) in [4.78, 5) is 4.57. The summed E-state index contributed by atoms with van der Waals surface area (Å²) >= 11 is 0. The smallest absolute Gasteiger partial charge is 0.123 e. The lowest BCUT2D eigenvalue weighted by atomic mass is 9.96. The number of aliphatic hydroxyl groups is 1. The number of aliphatic hydroxyl groups excluding tert-OH is 1. The highest BCUT2D eigenvalue weighted by Gasteiger charge is 2.21. The van der Waals surface area contributed by atoms with E-state index >= 15 is 0 Å². The van der Waals surface area contributed by atoms with Crippen molar-refractivity contribution in [2.75, 3.05) is 40.3 Å². The number of methoxy groups -OCH3 is 1. The van der Waals surface area contributed by atoms with Crippen LogP contribution in [0.1, 0.15) is 25.3 Å². The highest BCUT2D eigenvalue weighted by Crippen LogP contribution is 2.23. The number of likely N-dealkylation sites (tertiary alicyclic amines) is 1. The van der Waals surface area contributed by atoms with Crippen molar-refractivity contribution in [1.29, 1.82) is 0 Å². The molecular formula is C18H29FN2O2. The van der Waals surface area contributed by atoms with E-state index in [0.717, 1.165) is 50.3 Å². The van der Waals surface area contributed by atoms with Gasteiger partial charge in [0.1, 0.15) is 11.6 Å². The van der Waals surface area contributed by atoms with Crippen molar-refractivity contribution < 1.29 is 14.2 Å². The third kappa shape index (κ3) is 5.75. The number of halogens is 1. The first-order chi connectivity index (χ1) is 11.0. The molecule has 0 aliphatic carbocycles. The molecule has 1 aliphatic heterocycles. The minimum Gasteiger partial charge on any atom is -0.496 e. The second kappa shape index (κ2) is 8.62. The van der Waals surface area contributed by atoms with Crippen LogP contribution in [-0.2, 0) is 6.54 Å². The van der Waals surface area contributed by atoms with E-state index in [1.807, 2.05) is 6.92 Å². The van der Waals surface area contributed by atoms with Gasteiger partial charge in [0.05, 0.1) is 13.2 Å².